The van der Waals surface area contributed by atoms with Crippen molar-refractivity contribution in [2.24, 2.45) is 16.8 Å². The Labute approximate surface area is 113 Å². The lowest BCUT2D eigenvalue weighted by Crippen LogP contribution is -2.27. The van der Waals surface area contributed by atoms with Gasteiger partial charge in [-0.05, 0) is 23.1 Å². The first-order valence-electron chi connectivity index (χ1n) is 5.74. The van der Waals surface area contributed by atoms with Gasteiger partial charge in [0.2, 0.25) is 5.91 Å². The number of amides is 1. The molecule has 0 aliphatic carbocycles. The van der Waals surface area contributed by atoms with Crippen LogP contribution in [0.2, 0.25) is 0 Å². The molecular formula is C13H21N3OS. The van der Waals surface area contributed by atoms with Crippen LogP contribution in [0.3, 0.4) is 0 Å². The highest BCUT2D eigenvalue weighted by molar-refractivity contribution is 8.06. The molecule has 1 aromatic carbocycles. The van der Waals surface area contributed by atoms with Crippen molar-refractivity contribution in [2.75, 3.05) is 0 Å². The van der Waals surface area contributed by atoms with Crippen molar-refractivity contribution >= 4 is 22.8 Å². The molecule has 0 aromatic heterocycles. The fraction of sp³-hybridized carbons (Fsp3) is 0.308. The van der Waals surface area contributed by atoms with Crippen LogP contribution in [0.1, 0.15) is 26.4 Å². The maximum Gasteiger partial charge on any atom is 0.222 e. The number of hydrogen-bond donors (Lipinski definition) is 3. The van der Waals surface area contributed by atoms with Crippen LogP contribution in [-0.4, -0.2) is 5.91 Å². The Hall–Kier alpha value is -1.46. The third-order valence-corrected chi connectivity index (χ3v) is 3.13. The number of nitrogens with one attached hydrogen (secondary N) is 1. The Balaban J connectivity index is 0.00000324. The van der Waals surface area contributed by atoms with Gasteiger partial charge >= 0.3 is 0 Å². The maximum atomic E-state index is 11.4. The largest absolute Gasteiger partial charge is 0.404 e. The SMILES string of the molecule is CC(C)C(=O)NCc1ccc(/C(=C/N)SN)cc1.[HH]. The van der Waals surface area contributed by atoms with E-state index in [1.807, 2.05) is 38.1 Å². The van der Waals surface area contributed by atoms with E-state index in [1.54, 1.807) is 0 Å². The van der Waals surface area contributed by atoms with Crippen molar-refractivity contribution in [1.82, 2.24) is 5.32 Å². The van der Waals surface area contributed by atoms with E-state index in [1.165, 1.54) is 6.20 Å². The maximum absolute atomic E-state index is 11.4. The lowest BCUT2D eigenvalue weighted by molar-refractivity contribution is -0.124. The van der Waals surface area contributed by atoms with Gasteiger partial charge in [-0.2, -0.15) is 0 Å². The predicted octanol–water partition coefficient (Wildman–Crippen LogP) is 2.07. The Morgan fingerprint density at radius 3 is 2.50 bits per heavy atom. The Kier molecular flexibility index (Phi) is 5.74. The number of carbonyl (C=O) groups is 1. The molecule has 0 aliphatic rings. The fourth-order valence-electron chi connectivity index (χ4n) is 1.38. The third kappa shape index (κ3) is 4.09. The van der Waals surface area contributed by atoms with Gasteiger partial charge in [0.25, 0.3) is 0 Å². The van der Waals surface area contributed by atoms with Gasteiger partial charge in [0, 0.05) is 25.0 Å². The predicted molar refractivity (Wildman–Crippen MR) is 79.2 cm³/mol. The van der Waals surface area contributed by atoms with Gasteiger partial charge in [-0.1, -0.05) is 38.1 Å². The smallest absolute Gasteiger partial charge is 0.222 e. The summed E-state index contributed by atoms with van der Waals surface area (Å²) in [5.74, 6) is 0.0591. The molecule has 0 fully saturated rings. The number of carbonyl (C=O) groups excluding carboxylic acids is 1. The third-order valence-electron chi connectivity index (χ3n) is 2.51. The average molecular weight is 267 g/mol. The van der Waals surface area contributed by atoms with E-state index in [0.29, 0.717) is 6.54 Å². The fourth-order valence-corrected chi connectivity index (χ4v) is 1.73. The highest BCUT2D eigenvalue weighted by Gasteiger charge is 2.06. The second-order valence-corrected chi connectivity index (χ2v) is 4.89. The summed E-state index contributed by atoms with van der Waals surface area (Å²) in [5.41, 5.74) is 7.49. The van der Waals surface area contributed by atoms with Crippen LogP contribution in [-0.2, 0) is 11.3 Å². The Morgan fingerprint density at radius 1 is 1.44 bits per heavy atom. The van der Waals surface area contributed by atoms with E-state index in [4.69, 9.17) is 10.9 Å². The quantitative estimate of drug-likeness (QED) is 0.713. The molecule has 0 saturated heterocycles. The molecule has 1 amide bonds. The number of hydrogen-bond acceptors (Lipinski definition) is 4. The van der Waals surface area contributed by atoms with Crippen LogP contribution in [0.4, 0.5) is 0 Å². The average Bonchev–Trinajstić information content (AvgIpc) is 2.38. The summed E-state index contributed by atoms with van der Waals surface area (Å²) in [7, 11) is 0. The van der Waals surface area contributed by atoms with Crippen molar-refractivity contribution in [3.05, 3.63) is 41.6 Å². The summed E-state index contributed by atoms with van der Waals surface area (Å²) in [6, 6.07) is 7.79. The molecule has 0 atom stereocenters. The van der Waals surface area contributed by atoms with E-state index < -0.39 is 0 Å². The van der Waals surface area contributed by atoms with Crippen LogP contribution in [0.15, 0.2) is 30.5 Å². The minimum atomic E-state index is 0. The molecule has 1 rings (SSSR count). The molecule has 0 radical (unpaired) electrons. The molecule has 1 aromatic rings. The molecule has 0 heterocycles. The molecule has 0 spiro atoms. The first kappa shape index (κ1) is 14.6. The zero-order valence-electron chi connectivity index (χ0n) is 10.6. The minimum absolute atomic E-state index is 0. The molecule has 5 heteroatoms. The summed E-state index contributed by atoms with van der Waals surface area (Å²) in [6.07, 6.45) is 1.49. The van der Waals surface area contributed by atoms with Crippen LogP contribution in [0, 0.1) is 5.92 Å². The van der Waals surface area contributed by atoms with E-state index in [-0.39, 0.29) is 13.3 Å². The highest BCUT2D eigenvalue weighted by atomic mass is 32.2. The monoisotopic (exact) mass is 267 g/mol. The molecular weight excluding hydrogens is 246 g/mol. The van der Waals surface area contributed by atoms with Crippen LogP contribution < -0.4 is 16.2 Å². The number of rotatable bonds is 5. The van der Waals surface area contributed by atoms with Gasteiger partial charge < -0.3 is 11.1 Å². The van der Waals surface area contributed by atoms with Crippen molar-refractivity contribution in [1.29, 1.82) is 0 Å². The number of benzene rings is 1. The molecule has 100 valence electrons. The van der Waals surface area contributed by atoms with Crippen LogP contribution in [0.25, 0.3) is 4.91 Å². The number of nitrogens with two attached hydrogens (primary N) is 2. The van der Waals surface area contributed by atoms with E-state index >= 15 is 0 Å². The van der Waals surface area contributed by atoms with Gasteiger partial charge in [0.05, 0.1) is 0 Å². The highest BCUT2D eigenvalue weighted by Crippen LogP contribution is 2.21. The van der Waals surface area contributed by atoms with Gasteiger partial charge in [-0.3, -0.25) is 9.93 Å². The zero-order valence-corrected chi connectivity index (χ0v) is 11.5. The molecule has 18 heavy (non-hydrogen) atoms. The van der Waals surface area contributed by atoms with Crippen molar-refractivity contribution in [2.45, 2.75) is 20.4 Å². The standard InChI is InChI=1S/C13H19N3OS.H2/c1-9(2)13(17)16-8-10-3-5-11(6-4-10)12(7-14)18-15;/h3-7,9H,8,14-15H2,1-2H3,(H,16,17);1H/b12-7-;. The minimum Gasteiger partial charge on any atom is -0.404 e. The summed E-state index contributed by atoms with van der Waals surface area (Å²) in [5, 5.41) is 8.36. The zero-order chi connectivity index (χ0) is 13.5. The lowest BCUT2D eigenvalue weighted by atomic mass is 10.1. The first-order chi connectivity index (χ1) is 8.58. The van der Waals surface area contributed by atoms with Gasteiger partial charge in [0.1, 0.15) is 0 Å². The molecule has 5 N–H and O–H groups in total. The molecule has 0 aliphatic heterocycles. The van der Waals surface area contributed by atoms with Crippen molar-refractivity contribution in [3.63, 3.8) is 0 Å². The molecule has 0 saturated carbocycles. The van der Waals surface area contributed by atoms with Gasteiger partial charge in [-0.25, -0.2) is 0 Å². The summed E-state index contributed by atoms with van der Waals surface area (Å²) in [6.45, 7) is 4.28. The van der Waals surface area contributed by atoms with Crippen LogP contribution >= 0.6 is 11.9 Å². The Morgan fingerprint density at radius 2 is 2.06 bits per heavy atom. The van der Waals surface area contributed by atoms with Gasteiger partial charge in [0.15, 0.2) is 0 Å². The van der Waals surface area contributed by atoms with Crippen molar-refractivity contribution in [3.8, 4) is 0 Å². The molecule has 0 bridgehead atoms. The normalized spacial score (nSPS) is 11.7. The molecule has 4 nitrogen and oxygen atoms in total. The summed E-state index contributed by atoms with van der Waals surface area (Å²) >= 11 is 1.12. The first-order valence-corrected chi connectivity index (χ1v) is 6.62. The summed E-state index contributed by atoms with van der Waals surface area (Å²) < 4.78 is 0. The van der Waals surface area contributed by atoms with Crippen LogP contribution in [0.5, 0.6) is 0 Å². The summed E-state index contributed by atoms with van der Waals surface area (Å²) in [4.78, 5) is 12.3. The van der Waals surface area contributed by atoms with E-state index in [2.05, 4.69) is 5.32 Å². The van der Waals surface area contributed by atoms with E-state index in [9.17, 15) is 4.79 Å². The second-order valence-electron chi connectivity index (χ2n) is 4.22. The second kappa shape index (κ2) is 7.08. The van der Waals surface area contributed by atoms with E-state index in [0.717, 1.165) is 28.0 Å². The lowest BCUT2D eigenvalue weighted by Gasteiger charge is -2.08. The Bertz CT molecular complexity index is 432. The topological polar surface area (TPSA) is 81.1 Å². The van der Waals surface area contributed by atoms with Gasteiger partial charge in [-0.15, -0.1) is 0 Å². The molecule has 0 unspecified atom stereocenters. The van der Waals surface area contributed by atoms with Crippen molar-refractivity contribution < 1.29 is 6.22 Å².